The molecule has 0 unspecified atom stereocenters. The van der Waals surface area contributed by atoms with Crippen molar-refractivity contribution in [2.45, 2.75) is 13.8 Å². The van der Waals surface area contributed by atoms with Crippen LogP contribution in [-0.2, 0) is 0 Å². The molecule has 1 nitrogen and oxygen atoms in total. The molecular formula is C13H13N. The van der Waals surface area contributed by atoms with Crippen LogP contribution in [0.25, 0.3) is 11.3 Å². The predicted octanol–water partition coefficient (Wildman–Crippen LogP) is 3.37. The lowest BCUT2D eigenvalue weighted by Crippen LogP contribution is -1.86. The standard InChI is InChI=1S/C13H13N/c1-10-5-3-7-12(9-10)13-8-4-6-11(2)14-13/h3-9H,1-2H3. The highest BCUT2D eigenvalue weighted by Gasteiger charge is 1.98. The first-order chi connectivity index (χ1) is 6.75. The smallest absolute Gasteiger partial charge is 0.0705 e. The van der Waals surface area contributed by atoms with E-state index >= 15 is 0 Å². The van der Waals surface area contributed by atoms with Gasteiger partial charge in [0.05, 0.1) is 5.69 Å². The lowest BCUT2D eigenvalue weighted by atomic mass is 10.1. The highest BCUT2D eigenvalue weighted by atomic mass is 14.7. The van der Waals surface area contributed by atoms with Crippen LogP contribution in [0.5, 0.6) is 0 Å². The van der Waals surface area contributed by atoms with E-state index in [2.05, 4.69) is 36.2 Å². The summed E-state index contributed by atoms with van der Waals surface area (Å²) in [4.78, 5) is 4.48. The minimum Gasteiger partial charge on any atom is -0.253 e. The minimum absolute atomic E-state index is 1.05. The summed E-state index contributed by atoms with van der Waals surface area (Å²) >= 11 is 0. The van der Waals surface area contributed by atoms with Crippen molar-refractivity contribution in [2.24, 2.45) is 0 Å². The Morgan fingerprint density at radius 1 is 0.929 bits per heavy atom. The Hall–Kier alpha value is -1.63. The van der Waals surface area contributed by atoms with Crippen molar-refractivity contribution >= 4 is 0 Å². The van der Waals surface area contributed by atoms with Gasteiger partial charge in [-0.05, 0) is 32.0 Å². The number of pyridine rings is 1. The van der Waals surface area contributed by atoms with Gasteiger partial charge < -0.3 is 0 Å². The average molecular weight is 183 g/mol. The first kappa shape index (κ1) is 8.95. The molecule has 0 aliphatic rings. The van der Waals surface area contributed by atoms with Crippen LogP contribution in [0, 0.1) is 13.8 Å². The third kappa shape index (κ3) is 1.82. The quantitative estimate of drug-likeness (QED) is 0.660. The van der Waals surface area contributed by atoms with Gasteiger partial charge in [0.2, 0.25) is 0 Å². The van der Waals surface area contributed by atoms with Crippen LogP contribution >= 0.6 is 0 Å². The van der Waals surface area contributed by atoms with Crippen molar-refractivity contribution in [3.8, 4) is 11.3 Å². The van der Waals surface area contributed by atoms with Gasteiger partial charge >= 0.3 is 0 Å². The van der Waals surface area contributed by atoms with E-state index in [1.807, 2.05) is 25.1 Å². The summed E-state index contributed by atoms with van der Waals surface area (Å²) in [5.74, 6) is 0. The van der Waals surface area contributed by atoms with Crippen LogP contribution in [-0.4, -0.2) is 4.98 Å². The molecule has 1 heterocycles. The maximum atomic E-state index is 4.48. The highest BCUT2D eigenvalue weighted by molar-refractivity contribution is 5.59. The van der Waals surface area contributed by atoms with Crippen LogP contribution in [0.4, 0.5) is 0 Å². The second-order valence-electron chi connectivity index (χ2n) is 3.53. The summed E-state index contributed by atoms with van der Waals surface area (Å²) in [5.41, 5.74) is 4.57. The molecule has 0 atom stereocenters. The summed E-state index contributed by atoms with van der Waals surface area (Å²) in [6, 6.07) is 14.5. The molecule has 0 aliphatic carbocycles. The third-order valence-electron chi connectivity index (χ3n) is 2.20. The largest absolute Gasteiger partial charge is 0.253 e. The summed E-state index contributed by atoms with van der Waals surface area (Å²) in [7, 11) is 0. The van der Waals surface area contributed by atoms with Crippen molar-refractivity contribution in [1.82, 2.24) is 4.98 Å². The molecule has 0 N–H and O–H groups in total. The van der Waals surface area contributed by atoms with Gasteiger partial charge in [-0.2, -0.15) is 0 Å². The molecule has 1 aromatic carbocycles. The number of rotatable bonds is 1. The molecule has 0 amide bonds. The molecule has 0 spiro atoms. The van der Waals surface area contributed by atoms with E-state index in [0.717, 1.165) is 11.4 Å². The SMILES string of the molecule is Cc1cccc(-c2cccc(C)n2)c1. The maximum Gasteiger partial charge on any atom is 0.0705 e. The zero-order valence-corrected chi connectivity index (χ0v) is 8.49. The van der Waals surface area contributed by atoms with E-state index < -0.39 is 0 Å². The number of benzene rings is 1. The van der Waals surface area contributed by atoms with Gasteiger partial charge in [-0.25, -0.2) is 0 Å². The second-order valence-corrected chi connectivity index (χ2v) is 3.53. The van der Waals surface area contributed by atoms with Gasteiger partial charge in [-0.1, -0.05) is 29.8 Å². The Balaban J connectivity index is 2.49. The molecule has 0 radical (unpaired) electrons. The molecule has 0 bridgehead atoms. The number of nitrogens with zero attached hydrogens (tertiary/aromatic N) is 1. The van der Waals surface area contributed by atoms with Gasteiger partial charge in [0, 0.05) is 11.3 Å². The second kappa shape index (κ2) is 3.62. The van der Waals surface area contributed by atoms with Crippen molar-refractivity contribution in [3.63, 3.8) is 0 Å². The molecule has 14 heavy (non-hydrogen) atoms. The van der Waals surface area contributed by atoms with Crippen LogP contribution in [0.1, 0.15) is 11.3 Å². The molecule has 0 saturated heterocycles. The van der Waals surface area contributed by atoms with Gasteiger partial charge in [0.15, 0.2) is 0 Å². The Bertz CT molecular complexity index is 403. The van der Waals surface area contributed by atoms with Gasteiger partial charge in [0.1, 0.15) is 0 Å². The highest BCUT2D eigenvalue weighted by Crippen LogP contribution is 2.17. The van der Waals surface area contributed by atoms with E-state index in [1.54, 1.807) is 0 Å². The van der Waals surface area contributed by atoms with E-state index in [4.69, 9.17) is 0 Å². The topological polar surface area (TPSA) is 12.9 Å². The fourth-order valence-electron chi connectivity index (χ4n) is 1.51. The summed E-state index contributed by atoms with van der Waals surface area (Å²) in [5, 5.41) is 0. The summed E-state index contributed by atoms with van der Waals surface area (Å²) in [6.45, 7) is 4.11. The predicted molar refractivity (Wildman–Crippen MR) is 59.1 cm³/mol. The first-order valence-corrected chi connectivity index (χ1v) is 4.76. The van der Waals surface area contributed by atoms with Gasteiger partial charge in [-0.15, -0.1) is 0 Å². The van der Waals surface area contributed by atoms with E-state index in [9.17, 15) is 0 Å². The minimum atomic E-state index is 1.05. The van der Waals surface area contributed by atoms with Crippen molar-refractivity contribution in [2.75, 3.05) is 0 Å². The van der Waals surface area contributed by atoms with Crippen LogP contribution < -0.4 is 0 Å². The normalized spacial score (nSPS) is 10.1. The van der Waals surface area contributed by atoms with Crippen LogP contribution in [0.2, 0.25) is 0 Å². The average Bonchev–Trinajstić information content (AvgIpc) is 2.18. The fourth-order valence-corrected chi connectivity index (χ4v) is 1.51. The maximum absolute atomic E-state index is 4.48. The Labute approximate surface area is 84.4 Å². The lowest BCUT2D eigenvalue weighted by Gasteiger charge is -2.02. The summed E-state index contributed by atoms with van der Waals surface area (Å²) in [6.07, 6.45) is 0. The molecule has 1 aromatic heterocycles. The van der Waals surface area contributed by atoms with Gasteiger partial charge in [0.25, 0.3) is 0 Å². The molecule has 0 saturated carbocycles. The molecule has 2 rings (SSSR count). The Morgan fingerprint density at radius 2 is 1.71 bits per heavy atom. The van der Waals surface area contributed by atoms with E-state index in [-0.39, 0.29) is 0 Å². The molecule has 1 heteroatoms. The molecule has 0 fully saturated rings. The molecule has 70 valence electrons. The van der Waals surface area contributed by atoms with Crippen LogP contribution in [0.3, 0.4) is 0 Å². The molecule has 0 aliphatic heterocycles. The Morgan fingerprint density at radius 3 is 2.43 bits per heavy atom. The third-order valence-corrected chi connectivity index (χ3v) is 2.20. The molecule has 2 aromatic rings. The van der Waals surface area contributed by atoms with E-state index in [1.165, 1.54) is 11.1 Å². The van der Waals surface area contributed by atoms with Crippen LogP contribution in [0.15, 0.2) is 42.5 Å². The lowest BCUT2D eigenvalue weighted by molar-refractivity contribution is 1.20. The van der Waals surface area contributed by atoms with Gasteiger partial charge in [-0.3, -0.25) is 4.98 Å². The number of aryl methyl sites for hydroxylation is 2. The van der Waals surface area contributed by atoms with Crippen molar-refractivity contribution in [3.05, 3.63) is 53.7 Å². The van der Waals surface area contributed by atoms with Crippen molar-refractivity contribution < 1.29 is 0 Å². The number of hydrogen-bond acceptors (Lipinski definition) is 1. The van der Waals surface area contributed by atoms with Crippen molar-refractivity contribution in [1.29, 1.82) is 0 Å². The monoisotopic (exact) mass is 183 g/mol. The zero-order chi connectivity index (χ0) is 9.97. The summed E-state index contributed by atoms with van der Waals surface area (Å²) < 4.78 is 0. The fraction of sp³-hybridized carbons (Fsp3) is 0.154. The van der Waals surface area contributed by atoms with E-state index in [0.29, 0.717) is 0 Å². The zero-order valence-electron chi connectivity index (χ0n) is 8.49. The number of hydrogen-bond donors (Lipinski definition) is 0. The first-order valence-electron chi connectivity index (χ1n) is 4.76. The Kier molecular flexibility index (Phi) is 2.32. The molecular weight excluding hydrogens is 170 g/mol. The number of aromatic nitrogens is 1.